The molecule has 0 fully saturated rings. The summed E-state index contributed by atoms with van der Waals surface area (Å²) in [6.07, 6.45) is 0.888. The van der Waals surface area contributed by atoms with E-state index in [1.54, 1.807) is 50.4 Å². The molecule has 2 aromatic rings. The SMILES string of the molecule is C/C(=N\NC(=O)[C@@H](C)Oc1ccc(Cl)cc1Cl)c1ccccn1. The fraction of sp³-hybridized carbons (Fsp3) is 0.188. The Labute approximate surface area is 144 Å². The van der Waals surface area contributed by atoms with Crippen molar-refractivity contribution in [2.24, 2.45) is 5.10 Å². The number of benzene rings is 1. The van der Waals surface area contributed by atoms with E-state index in [0.717, 1.165) is 0 Å². The van der Waals surface area contributed by atoms with Gasteiger partial charge >= 0.3 is 0 Å². The number of aromatic nitrogens is 1. The van der Waals surface area contributed by atoms with Crippen molar-refractivity contribution in [3.8, 4) is 5.75 Å². The van der Waals surface area contributed by atoms with Crippen LogP contribution in [0.5, 0.6) is 5.75 Å². The number of pyridine rings is 1. The summed E-state index contributed by atoms with van der Waals surface area (Å²) in [7, 11) is 0. The average Bonchev–Trinajstić information content (AvgIpc) is 2.55. The summed E-state index contributed by atoms with van der Waals surface area (Å²) in [5.74, 6) is -0.0181. The Morgan fingerprint density at radius 1 is 1.30 bits per heavy atom. The third-order valence-corrected chi connectivity index (χ3v) is 3.47. The molecule has 0 aliphatic heterocycles. The highest BCUT2D eigenvalue weighted by molar-refractivity contribution is 6.35. The zero-order valence-electron chi connectivity index (χ0n) is 12.6. The Hall–Kier alpha value is -2.11. The predicted octanol–water partition coefficient (Wildman–Crippen LogP) is 3.70. The van der Waals surface area contributed by atoms with Crippen LogP contribution in [0.1, 0.15) is 19.5 Å². The molecule has 23 heavy (non-hydrogen) atoms. The van der Waals surface area contributed by atoms with Gasteiger partial charge in [-0.25, -0.2) is 5.43 Å². The number of amides is 1. The van der Waals surface area contributed by atoms with E-state index in [9.17, 15) is 4.79 Å². The van der Waals surface area contributed by atoms with E-state index in [4.69, 9.17) is 27.9 Å². The van der Waals surface area contributed by atoms with E-state index in [2.05, 4.69) is 15.5 Å². The summed E-state index contributed by atoms with van der Waals surface area (Å²) in [5, 5.41) is 4.85. The van der Waals surface area contributed by atoms with E-state index < -0.39 is 12.0 Å². The van der Waals surface area contributed by atoms with Crippen molar-refractivity contribution in [3.05, 3.63) is 58.3 Å². The van der Waals surface area contributed by atoms with Gasteiger partial charge in [0.25, 0.3) is 5.91 Å². The largest absolute Gasteiger partial charge is 0.479 e. The summed E-state index contributed by atoms with van der Waals surface area (Å²) in [4.78, 5) is 16.2. The molecule has 0 unspecified atom stereocenters. The van der Waals surface area contributed by atoms with Crippen LogP contribution in [0.2, 0.25) is 10.0 Å². The van der Waals surface area contributed by atoms with Crippen molar-refractivity contribution in [3.63, 3.8) is 0 Å². The molecule has 1 heterocycles. The number of ether oxygens (including phenoxy) is 1. The van der Waals surface area contributed by atoms with Gasteiger partial charge in [-0.2, -0.15) is 5.10 Å². The van der Waals surface area contributed by atoms with Crippen LogP contribution in [0.3, 0.4) is 0 Å². The zero-order valence-corrected chi connectivity index (χ0v) is 14.1. The summed E-state index contributed by atoms with van der Waals surface area (Å²) in [6, 6.07) is 10.2. The van der Waals surface area contributed by atoms with Crippen LogP contribution in [0.4, 0.5) is 0 Å². The van der Waals surface area contributed by atoms with Crippen LogP contribution in [-0.4, -0.2) is 22.7 Å². The molecule has 0 bridgehead atoms. The second kappa shape index (κ2) is 7.94. The first-order valence-corrected chi connectivity index (χ1v) is 7.60. The summed E-state index contributed by atoms with van der Waals surface area (Å²) >= 11 is 11.8. The molecule has 0 radical (unpaired) electrons. The summed E-state index contributed by atoms with van der Waals surface area (Å²) < 4.78 is 5.51. The quantitative estimate of drug-likeness (QED) is 0.659. The minimum Gasteiger partial charge on any atom is -0.479 e. The number of nitrogens with zero attached hydrogens (tertiary/aromatic N) is 2. The first-order valence-electron chi connectivity index (χ1n) is 6.84. The molecule has 7 heteroatoms. The van der Waals surface area contributed by atoms with Gasteiger partial charge in [0.05, 0.1) is 16.4 Å². The lowest BCUT2D eigenvalue weighted by Gasteiger charge is -2.14. The second-order valence-corrected chi connectivity index (χ2v) is 5.57. The maximum Gasteiger partial charge on any atom is 0.280 e. The molecule has 0 spiro atoms. The molecule has 0 saturated heterocycles. The van der Waals surface area contributed by atoms with Crippen molar-refractivity contribution in [1.29, 1.82) is 0 Å². The molecule has 0 saturated carbocycles. The van der Waals surface area contributed by atoms with Crippen molar-refractivity contribution in [2.75, 3.05) is 0 Å². The van der Waals surface area contributed by atoms with E-state index in [-0.39, 0.29) is 0 Å². The molecule has 0 aliphatic carbocycles. The molecule has 120 valence electrons. The van der Waals surface area contributed by atoms with Crippen LogP contribution in [-0.2, 0) is 4.79 Å². The molecule has 2 rings (SSSR count). The number of hydrazone groups is 1. The fourth-order valence-corrected chi connectivity index (χ4v) is 2.13. The Morgan fingerprint density at radius 3 is 2.74 bits per heavy atom. The van der Waals surface area contributed by atoms with Gasteiger partial charge in [-0.1, -0.05) is 29.3 Å². The van der Waals surface area contributed by atoms with Crippen molar-refractivity contribution >= 4 is 34.8 Å². The van der Waals surface area contributed by atoms with Crippen LogP contribution < -0.4 is 10.2 Å². The van der Waals surface area contributed by atoms with Gasteiger partial charge in [0.2, 0.25) is 0 Å². The number of nitrogens with one attached hydrogen (secondary N) is 1. The molecule has 5 nitrogen and oxygen atoms in total. The number of hydrogen-bond donors (Lipinski definition) is 1. The van der Waals surface area contributed by atoms with Crippen molar-refractivity contribution in [2.45, 2.75) is 20.0 Å². The Kier molecular flexibility index (Phi) is 5.96. The molecular weight excluding hydrogens is 337 g/mol. The maximum atomic E-state index is 12.0. The molecular formula is C16H15Cl2N3O2. The molecule has 1 N–H and O–H groups in total. The third kappa shape index (κ3) is 4.94. The van der Waals surface area contributed by atoms with Crippen LogP contribution in [0.15, 0.2) is 47.7 Å². The topological polar surface area (TPSA) is 63.6 Å². The summed E-state index contributed by atoms with van der Waals surface area (Å²) in [5.41, 5.74) is 3.72. The van der Waals surface area contributed by atoms with E-state index >= 15 is 0 Å². The standard InChI is InChI=1S/C16H15Cl2N3O2/c1-10(14-5-3-4-8-19-14)20-21-16(22)11(2)23-15-7-6-12(17)9-13(15)18/h3-9,11H,1-2H3,(H,21,22)/b20-10+/t11-/m1/s1. The Bertz CT molecular complexity index is 721. The first kappa shape index (κ1) is 17.2. The lowest BCUT2D eigenvalue weighted by Crippen LogP contribution is -2.34. The molecule has 1 atom stereocenters. The minimum atomic E-state index is -0.769. The van der Waals surface area contributed by atoms with Gasteiger partial charge in [-0.15, -0.1) is 0 Å². The van der Waals surface area contributed by atoms with Crippen molar-refractivity contribution < 1.29 is 9.53 Å². The normalized spacial score (nSPS) is 12.6. The van der Waals surface area contributed by atoms with Gasteiger partial charge in [0.1, 0.15) is 5.75 Å². The van der Waals surface area contributed by atoms with Gasteiger partial charge in [0, 0.05) is 11.2 Å². The monoisotopic (exact) mass is 351 g/mol. The van der Waals surface area contributed by atoms with Crippen LogP contribution >= 0.6 is 23.2 Å². The number of halogens is 2. The van der Waals surface area contributed by atoms with Gasteiger partial charge in [-0.3, -0.25) is 9.78 Å². The second-order valence-electron chi connectivity index (χ2n) is 4.72. The predicted molar refractivity (Wildman–Crippen MR) is 91.1 cm³/mol. The lowest BCUT2D eigenvalue weighted by molar-refractivity contribution is -0.127. The van der Waals surface area contributed by atoms with Gasteiger partial charge in [0.15, 0.2) is 6.10 Å². The van der Waals surface area contributed by atoms with Gasteiger partial charge < -0.3 is 4.74 Å². The smallest absolute Gasteiger partial charge is 0.280 e. The number of carbonyl (C=O) groups is 1. The maximum absolute atomic E-state index is 12.0. The zero-order chi connectivity index (χ0) is 16.8. The highest BCUT2D eigenvalue weighted by Gasteiger charge is 2.16. The van der Waals surface area contributed by atoms with Gasteiger partial charge in [-0.05, 0) is 44.2 Å². The molecule has 1 aromatic heterocycles. The molecule has 1 amide bonds. The van der Waals surface area contributed by atoms with Crippen LogP contribution in [0, 0.1) is 0 Å². The Morgan fingerprint density at radius 2 is 2.09 bits per heavy atom. The minimum absolute atomic E-state index is 0.338. The van der Waals surface area contributed by atoms with E-state index in [1.165, 1.54) is 0 Å². The van der Waals surface area contributed by atoms with Crippen LogP contribution in [0.25, 0.3) is 0 Å². The highest BCUT2D eigenvalue weighted by atomic mass is 35.5. The number of carbonyl (C=O) groups excluding carboxylic acids is 1. The third-order valence-electron chi connectivity index (χ3n) is 2.94. The Balaban J connectivity index is 1.97. The fourth-order valence-electron chi connectivity index (χ4n) is 1.68. The average molecular weight is 352 g/mol. The van der Waals surface area contributed by atoms with E-state index in [1.807, 2.05) is 6.07 Å². The molecule has 1 aromatic carbocycles. The molecule has 0 aliphatic rings. The van der Waals surface area contributed by atoms with Crippen molar-refractivity contribution in [1.82, 2.24) is 10.4 Å². The summed E-state index contributed by atoms with van der Waals surface area (Å²) in [6.45, 7) is 3.36. The highest BCUT2D eigenvalue weighted by Crippen LogP contribution is 2.28. The number of hydrogen-bond acceptors (Lipinski definition) is 4. The first-order chi connectivity index (χ1) is 11.0. The number of rotatable bonds is 5. The lowest BCUT2D eigenvalue weighted by atomic mass is 10.3. The van der Waals surface area contributed by atoms with E-state index in [0.29, 0.717) is 27.2 Å².